The Bertz CT molecular complexity index is 497. The smallest absolute Gasteiger partial charge is 0.387 e. The first-order chi connectivity index (χ1) is 9.58. The van der Waals surface area contributed by atoms with E-state index in [0.29, 0.717) is 18.7 Å². The maximum atomic E-state index is 12.5. The SMILES string of the molecule is CC(C#N)(c1ccccc1OC(F)F)N1CCNCC1. The Labute approximate surface area is 116 Å². The van der Waals surface area contributed by atoms with Gasteiger partial charge in [0.15, 0.2) is 0 Å². The molecule has 1 atom stereocenters. The Kier molecular flexibility index (Phi) is 4.53. The van der Waals surface area contributed by atoms with Crippen LogP contribution in [0.15, 0.2) is 24.3 Å². The van der Waals surface area contributed by atoms with Crippen molar-refractivity contribution in [2.75, 3.05) is 26.2 Å². The van der Waals surface area contributed by atoms with Crippen molar-refractivity contribution in [3.05, 3.63) is 29.8 Å². The van der Waals surface area contributed by atoms with Crippen LogP contribution in [0.3, 0.4) is 0 Å². The van der Waals surface area contributed by atoms with Gasteiger partial charge in [0.1, 0.15) is 11.3 Å². The van der Waals surface area contributed by atoms with E-state index in [1.807, 2.05) is 4.90 Å². The summed E-state index contributed by atoms with van der Waals surface area (Å²) in [6, 6.07) is 8.74. The van der Waals surface area contributed by atoms with Crippen LogP contribution in [-0.2, 0) is 5.54 Å². The average Bonchev–Trinajstić information content (AvgIpc) is 2.47. The summed E-state index contributed by atoms with van der Waals surface area (Å²) in [6.45, 7) is 1.76. The summed E-state index contributed by atoms with van der Waals surface area (Å²) in [4.78, 5) is 1.98. The van der Waals surface area contributed by atoms with Crippen LogP contribution in [0.2, 0.25) is 0 Å². The predicted octanol–water partition coefficient (Wildman–Crippen LogP) is 1.93. The van der Waals surface area contributed by atoms with Crippen molar-refractivity contribution in [3.8, 4) is 11.8 Å². The molecule has 0 aromatic heterocycles. The standard InChI is InChI=1S/C14H17F2N3O/c1-14(10-17,19-8-6-18-7-9-19)11-4-2-3-5-12(11)20-13(15)16/h2-5,13,18H,6-9H2,1H3. The first-order valence-electron chi connectivity index (χ1n) is 6.49. The topological polar surface area (TPSA) is 48.3 Å². The van der Waals surface area contributed by atoms with E-state index in [1.165, 1.54) is 6.07 Å². The maximum absolute atomic E-state index is 12.5. The van der Waals surface area contributed by atoms with E-state index in [0.717, 1.165) is 13.1 Å². The number of halogens is 2. The number of benzene rings is 1. The second kappa shape index (κ2) is 6.16. The molecule has 1 heterocycles. The molecule has 0 amide bonds. The molecule has 0 bridgehead atoms. The highest BCUT2D eigenvalue weighted by atomic mass is 19.3. The highest BCUT2D eigenvalue weighted by Gasteiger charge is 2.37. The zero-order valence-electron chi connectivity index (χ0n) is 11.3. The number of hydrogen-bond donors (Lipinski definition) is 1. The highest BCUT2D eigenvalue weighted by Crippen LogP contribution is 2.35. The first-order valence-corrected chi connectivity index (χ1v) is 6.49. The lowest BCUT2D eigenvalue weighted by Crippen LogP contribution is -2.52. The van der Waals surface area contributed by atoms with E-state index in [2.05, 4.69) is 16.1 Å². The van der Waals surface area contributed by atoms with Gasteiger partial charge in [0.05, 0.1) is 6.07 Å². The number of ether oxygens (including phenoxy) is 1. The van der Waals surface area contributed by atoms with Crippen molar-refractivity contribution >= 4 is 0 Å². The van der Waals surface area contributed by atoms with Gasteiger partial charge in [0, 0.05) is 31.7 Å². The summed E-state index contributed by atoms with van der Waals surface area (Å²) in [5.74, 6) is 0.0603. The molecular weight excluding hydrogens is 264 g/mol. The summed E-state index contributed by atoms with van der Waals surface area (Å²) in [6.07, 6.45) is 0. The predicted molar refractivity (Wildman–Crippen MR) is 70.5 cm³/mol. The first kappa shape index (κ1) is 14.7. The summed E-state index contributed by atoms with van der Waals surface area (Å²) in [5.41, 5.74) is -0.502. The molecule has 20 heavy (non-hydrogen) atoms. The number of alkyl halides is 2. The van der Waals surface area contributed by atoms with E-state index in [9.17, 15) is 14.0 Å². The van der Waals surface area contributed by atoms with Crippen molar-refractivity contribution in [1.82, 2.24) is 10.2 Å². The molecule has 0 spiro atoms. The van der Waals surface area contributed by atoms with E-state index < -0.39 is 12.2 Å². The summed E-state index contributed by atoms with van der Waals surface area (Å²) < 4.78 is 29.6. The molecule has 1 saturated heterocycles. The van der Waals surface area contributed by atoms with Crippen molar-refractivity contribution in [2.45, 2.75) is 19.1 Å². The van der Waals surface area contributed by atoms with E-state index >= 15 is 0 Å². The molecule has 6 heteroatoms. The van der Waals surface area contributed by atoms with Crippen molar-refractivity contribution < 1.29 is 13.5 Å². The molecule has 4 nitrogen and oxygen atoms in total. The molecule has 1 unspecified atom stereocenters. The highest BCUT2D eigenvalue weighted by molar-refractivity contribution is 5.42. The van der Waals surface area contributed by atoms with Gasteiger partial charge in [-0.2, -0.15) is 14.0 Å². The number of hydrogen-bond acceptors (Lipinski definition) is 4. The fourth-order valence-corrected chi connectivity index (χ4v) is 2.48. The molecule has 108 valence electrons. The Morgan fingerprint density at radius 1 is 1.35 bits per heavy atom. The van der Waals surface area contributed by atoms with Gasteiger partial charge in [-0.3, -0.25) is 4.90 Å². The Hall–Kier alpha value is -1.71. The van der Waals surface area contributed by atoms with Crippen LogP contribution in [0.1, 0.15) is 12.5 Å². The van der Waals surface area contributed by atoms with Crippen LogP contribution in [0.5, 0.6) is 5.75 Å². The zero-order valence-corrected chi connectivity index (χ0v) is 11.3. The average molecular weight is 281 g/mol. The van der Waals surface area contributed by atoms with Gasteiger partial charge in [-0.05, 0) is 13.0 Å². The molecule has 1 aromatic carbocycles. The molecule has 0 aliphatic carbocycles. The third-order valence-corrected chi connectivity index (χ3v) is 3.59. The van der Waals surface area contributed by atoms with Gasteiger partial charge < -0.3 is 10.1 Å². The fraction of sp³-hybridized carbons (Fsp3) is 0.500. The zero-order chi connectivity index (χ0) is 14.6. The van der Waals surface area contributed by atoms with E-state index in [4.69, 9.17) is 0 Å². The Balaban J connectivity index is 2.38. The Morgan fingerprint density at radius 2 is 2.00 bits per heavy atom. The fourth-order valence-electron chi connectivity index (χ4n) is 2.48. The van der Waals surface area contributed by atoms with Crippen molar-refractivity contribution in [3.63, 3.8) is 0 Å². The lowest BCUT2D eigenvalue weighted by molar-refractivity contribution is -0.0517. The number of rotatable bonds is 4. The Morgan fingerprint density at radius 3 is 2.60 bits per heavy atom. The number of nitriles is 1. The molecule has 1 aliphatic rings. The normalized spacial score (nSPS) is 19.4. The van der Waals surface area contributed by atoms with Crippen LogP contribution in [0.25, 0.3) is 0 Å². The van der Waals surface area contributed by atoms with Gasteiger partial charge in [-0.25, -0.2) is 0 Å². The molecule has 2 rings (SSSR count). The van der Waals surface area contributed by atoms with Crippen LogP contribution >= 0.6 is 0 Å². The number of para-hydroxylation sites is 1. The minimum atomic E-state index is -2.90. The van der Waals surface area contributed by atoms with Crippen LogP contribution < -0.4 is 10.1 Å². The minimum Gasteiger partial charge on any atom is -0.434 e. The van der Waals surface area contributed by atoms with E-state index in [1.54, 1.807) is 25.1 Å². The summed E-state index contributed by atoms with van der Waals surface area (Å²) in [7, 11) is 0. The minimum absolute atomic E-state index is 0.0603. The lowest BCUT2D eigenvalue weighted by atomic mass is 9.90. The molecular formula is C14H17F2N3O. The summed E-state index contributed by atoms with van der Waals surface area (Å²) in [5, 5.41) is 12.8. The van der Waals surface area contributed by atoms with E-state index in [-0.39, 0.29) is 5.75 Å². The second-order valence-corrected chi connectivity index (χ2v) is 4.80. The maximum Gasteiger partial charge on any atom is 0.387 e. The second-order valence-electron chi connectivity index (χ2n) is 4.80. The van der Waals surface area contributed by atoms with Gasteiger partial charge in [0.2, 0.25) is 0 Å². The van der Waals surface area contributed by atoms with Gasteiger partial charge in [-0.15, -0.1) is 0 Å². The molecule has 0 saturated carbocycles. The van der Waals surface area contributed by atoms with Crippen LogP contribution in [0, 0.1) is 11.3 Å². The number of piperazine rings is 1. The number of nitrogens with zero attached hydrogens (tertiary/aromatic N) is 2. The number of nitrogens with one attached hydrogen (secondary N) is 1. The molecule has 1 fully saturated rings. The lowest BCUT2D eigenvalue weighted by Gasteiger charge is -2.39. The third-order valence-electron chi connectivity index (χ3n) is 3.59. The summed E-state index contributed by atoms with van der Waals surface area (Å²) >= 11 is 0. The molecule has 1 aromatic rings. The van der Waals surface area contributed by atoms with Crippen molar-refractivity contribution in [2.24, 2.45) is 0 Å². The largest absolute Gasteiger partial charge is 0.434 e. The van der Waals surface area contributed by atoms with Crippen LogP contribution in [-0.4, -0.2) is 37.7 Å². The monoisotopic (exact) mass is 281 g/mol. The third kappa shape index (κ3) is 2.89. The molecule has 1 aliphatic heterocycles. The van der Waals surface area contributed by atoms with Gasteiger partial charge >= 0.3 is 6.61 Å². The van der Waals surface area contributed by atoms with Crippen LogP contribution in [0.4, 0.5) is 8.78 Å². The van der Waals surface area contributed by atoms with Crippen molar-refractivity contribution in [1.29, 1.82) is 5.26 Å². The van der Waals surface area contributed by atoms with Gasteiger partial charge in [0.25, 0.3) is 0 Å². The molecule has 1 N–H and O–H groups in total. The van der Waals surface area contributed by atoms with Gasteiger partial charge in [-0.1, -0.05) is 18.2 Å². The molecule has 0 radical (unpaired) electrons. The quantitative estimate of drug-likeness (QED) is 0.916.